The Labute approximate surface area is 127 Å². The Balaban J connectivity index is 2.12. The van der Waals surface area contributed by atoms with Crippen molar-refractivity contribution >= 4 is 22.6 Å². The molecule has 0 saturated heterocycles. The molecule has 0 bridgehead atoms. The lowest BCUT2D eigenvalue weighted by molar-refractivity contribution is 0.469. The number of imidazole rings is 1. The molecule has 0 aliphatic carbocycles. The molecule has 0 atom stereocenters. The van der Waals surface area contributed by atoms with Crippen molar-refractivity contribution in [2.24, 2.45) is 0 Å². The molecule has 0 aliphatic rings. The van der Waals surface area contributed by atoms with Crippen LogP contribution in [0.4, 0.5) is 0 Å². The number of furan rings is 1. The van der Waals surface area contributed by atoms with Crippen molar-refractivity contribution in [2.45, 2.75) is 19.9 Å². The van der Waals surface area contributed by atoms with Gasteiger partial charge in [0, 0.05) is 12.3 Å². The van der Waals surface area contributed by atoms with Crippen LogP contribution in [0, 0.1) is 18.3 Å². The van der Waals surface area contributed by atoms with Crippen molar-refractivity contribution in [3.05, 3.63) is 53.2 Å². The van der Waals surface area contributed by atoms with Crippen molar-refractivity contribution in [1.29, 1.82) is 5.26 Å². The quantitative estimate of drug-likeness (QED) is 0.691. The molecule has 1 aromatic carbocycles. The molecule has 5 heteroatoms. The van der Waals surface area contributed by atoms with Crippen LogP contribution in [0.3, 0.4) is 0 Å². The van der Waals surface area contributed by atoms with E-state index in [1.165, 1.54) is 0 Å². The van der Waals surface area contributed by atoms with E-state index >= 15 is 0 Å². The van der Waals surface area contributed by atoms with Gasteiger partial charge in [0.25, 0.3) is 0 Å². The second-order valence-electron chi connectivity index (χ2n) is 4.88. The summed E-state index contributed by atoms with van der Waals surface area (Å²) >= 11 is 5.87. The normalized spacial score (nSPS) is 10.9. The molecule has 0 saturated carbocycles. The maximum atomic E-state index is 9.07. The van der Waals surface area contributed by atoms with Gasteiger partial charge in [-0.2, -0.15) is 5.26 Å². The van der Waals surface area contributed by atoms with Crippen molar-refractivity contribution < 1.29 is 4.42 Å². The van der Waals surface area contributed by atoms with Gasteiger partial charge in [0.05, 0.1) is 29.2 Å². The van der Waals surface area contributed by atoms with E-state index in [0.717, 1.165) is 28.4 Å². The number of aryl methyl sites for hydroxylation is 2. The van der Waals surface area contributed by atoms with Crippen LogP contribution in [0.2, 0.25) is 0 Å². The molecule has 0 aliphatic heterocycles. The number of hydrogen-bond donors (Lipinski definition) is 0. The maximum absolute atomic E-state index is 9.07. The van der Waals surface area contributed by atoms with Gasteiger partial charge in [0.2, 0.25) is 0 Å². The standard InChI is InChI=1S/C16H14ClN3O/c1-11-2-4-13(21-11)10-20-15-8-12(9-18)3-5-14(15)19-16(20)6-7-17/h2-5,8H,6-7,10H2,1H3. The van der Waals surface area contributed by atoms with Gasteiger partial charge in [-0.3, -0.25) is 0 Å². The van der Waals surface area contributed by atoms with Crippen molar-refractivity contribution in [3.63, 3.8) is 0 Å². The maximum Gasteiger partial charge on any atom is 0.123 e. The minimum Gasteiger partial charge on any atom is -0.464 e. The molecule has 0 N–H and O–H groups in total. The first-order chi connectivity index (χ1) is 10.2. The SMILES string of the molecule is Cc1ccc(Cn2c(CCCl)nc3ccc(C#N)cc32)o1. The van der Waals surface area contributed by atoms with Crippen LogP contribution < -0.4 is 0 Å². The zero-order valence-corrected chi connectivity index (χ0v) is 12.4. The summed E-state index contributed by atoms with van der Waals surface area (Å²) in [6.45, 7) is 2.51. The second-order valence-corrected chi connectivity index (χ2v) is 5.26. The van der Waals surface area contributed by atoms with Crippen LogP contribution >= 0.6 is 11.6 Å². The minimum absolute atomic E-state index is 0.506. The molecule has 4 nitrogen and oxygen atoms in total. The molecule has 3 rings (SSSR count). The molecular weight excluding hydrogens is 286 g/mol. The van der Waals surface area contributed by atoms with Gasteiger partial charge >= 0.3 is 0 Å². The molecule has 0 radical (unpaired) electrons. The van der Waals surface area contributed by atoms with Crippen LogP contribution in [-0.2, 0) is 13.0 Å². The summed E-state index contributed by atoms with van der Waals surface area (Å²) in [6, 6.07) is 11.6. The molecule has 21 heavy (non-hydrogen) atoms. The summed E-state index contributed by atoms with van der Waals surface area (Å²) in [7, 11) is 0. The average molecular weight is 300 g/mol. The van der Waals surface area contributed by atoms with E-state index in [2.05, 4.69) is 15.6 Å². The van der Waals surface area contributed by atoms with Gasteiger partial charge in [0.1, 0.15) is 17.3 Å². The van der Waals surface area contributed by atoms with E-state index in [4.69, 9.17) is 21.3 Å². The lowest BCUT2D eigenvalue weighted by Gasteiger charge is -2.06. The Morgan fingerprint density at radius 1 is 1.33 bits per heavy atom. The third-order valence-corrected chi connectivity index (χ3v) is 3.57. The minimum atomic E-state index is 0.506. The molecule has 0 fully saturated rings. The number of aromatic nitrogens is 2. The number of benzene rings is 1. The van der Waals surface area contributed by atoms with E-state index in [1.54, 1.807) is 6.07 Å². The summed E-state index contributed by atoms with van der Waals surface area (Å²) in [4.78, 5) is 4.61. The summed E-state index contributed by atoms with van der Waals surface area (Å²) in [5, 5.41) is 9.07. The molecule has 0 amide bonds. The van der Waals surface area contributed by atoms with Gasteiger partial charge in [-0.25, -0.2) is 4.98 Å². The lowest BCUT2D eigenvalue weighted by atomic mass is 10.2. The van der Waals surface area contributed by atoms with Crippen LogP contribution in [-0.4, -0.2) is 15.4 Å². The molecule has 2 aromatic heterocycles. The Morgan fingerprint density at radius 3 is 2.86 bits per heavy atom. The zero-order chi connectivity index (χ0) is 14.8. The van der Waals surface area contributed by atoms with Crippen LogP contribution in [0.1, 0.15) is 22.9 Å². The van der Waals surface area contributed by atoms with E-state index in [9.17, 15) is 0 Å². The highest BCUT2D eigenvalue weighted by Crippen LogP contribution is 2.21. The summed E-state index contributed by atoms with van der Waals surface area (Å²) < 4.78 is 7.72. The first-order valence-corrected chi connectivity index (χ1v) is 7.25. The smallest absolute Gasteiger partial charge is 0.123 e. The van der Waals surface area contributed by atoms with Crippen molar-refractivity contribution in [2.75, 3.05) is 5.88 Å². The van der Waals surface area contributed by atoms with Gasteiger partial charge < -0.3 is 8.98 Å². The number of rotatable bonds is 4. The number of nitrogens with zero attached hydrogens (tertiary/aromatic N) is 3. The second kappa shape index (κ2) is 5.63. The average Bonchev–Trinajstić information content (AvgIpc) is 3.04. The van der Waals surface area contributed by atoms with E-state index in [0.29, 0.717) is 24.4 Å². The van der Waals surface area contributed by atoms with E-state index in [1.807, 2.05) is 31.2 Å². The number of fused-ring (bicyclic) bond motifs is 1. The Kier molecular flexibility index (Phi) is 3.68. The highest BCUT2D eigenvalue weighted by atomic mass is 35.5. The van der Waals surface area contributed by atoms with Gasteiger partial charge in [-0.1, -0.05) is 0 Å². The predicted molar refractivity (Wildman–Crippen MR) is 81.4 cm³/mol. The van der Waals surface area contributed by atoms with E-state index < -0.39 is 0 Å². The first-order valence-electron chi connectivity index (χ1n) is 6.72. The summed E-state index contributed by atoms with van der Waals surface area (Å²) in [5.74, 6) is 3.16. The molecule has 0 unspecified atom stereocenters. The van der Waals surface area contributed by atoms with Gasteiger partial charge in [-0.05, 0) is 37.3 Å². The van der Waals surface area contributed by atoms with Gasteiger partial charge in [-0.15, -0.1) is 11.6 Å². The first kappa shape index (κ1) is 13.7. The fourth-order valence-electron chi connectivity index (χ4n) is 2.42. The Hall–Kier alpha value is -2.25. The molecule has 0 spiro atoms. The zero-order valence-electron chi connectivity index (χ0n) is 11.6. The van der Waals surface area contributed by atoms with Crippen LogP contribution in [0.15, 0.2) is 34.7 Å². The fraction of sp³-hybridized carbons (Fsp3) is 0.250. The molecule has 2 heterocycles. The Morgan fingerprint density at radius 2 is 2.19 bits per heavy atom. The summed E-state index contributed by atoms with van der Waals surface area (Å²) in [5.41, 5.74) is 2.43. The van der Waals surface area contributed by atoms with Crippen LogP contribution in [0.25, 0.3) is 11.0 Å². The largest absolute Gasteiger partial charge is 0.464 e. The van der Waals surface area contributed by atoms with Crippen LogP contribution in [0.5, 0.6) is 0 Å². The predicted octanol–water partition coefficient (Wildman–Crippen LogP) is 3.64. The van der Waals surface area contributed by atoms with Crippen molar-refractivity contribution in [3.8, 4) is 6.07 Å². The number of alkyl halides is 1. The third kappa shape index (κ3) is 2.65. The number of hydrogen-bond acceptors (Lipinski definition) is 3. The molecule has 3 aromatic rings. The third-order valence-electron chi connectivity index (χ3n) is 3.38. The highest BCUT2D eigenvalue weighted by Gasteiger charge is 2.13. The molecular formula is C16H14ClN3O. The number of halogens is 1. The molecule has 106 valence electrons. The highest BCUT2D eigenvalue weighted by molar-refractivity contribution is 6.17. The van der Waals surface area contributed by atoms with Gasteiger partial charge in [0.15, 0.2) is 0 Å². The number of nitriles is 1. The lowest BCUT2D eigenvalue weighted by Crippen LogP contribution is -2.05. The Bertz CT molecular complexity index is 826. The fourth-order valence-corrected chi connectivity index (χ4v) is 2.59. The topological polar surface area (TPSA) is 54.8 Å². The van der Waals surface area contributed by atoms with Crippen molar-refractivity contribution in [1.82, 2.24) is 9.55 Å². The monoisotopic (exact) mass is 299 g/mol. The van der Waals surface area contributed by atoms with E-state index in [-0.39, 0.29) is 0 Å². The summed E-state index contributed by atoms with van der Waals surface area (Å²) in [6.07, 6.45) is 0.678.